The van der Waals surface area contributed by atoms with Crippen molar-refractivity contribution in [2.45, 2.75) is 19.3 Å². The van der Waals surface area contributed by atoms with E-state index in [1.807, 2.05) is 11.0 Å². The monoisotopic (exact) mass is 332 g/mol. The summed E-state index contributed by atoms with van der Waals surface area (Å²) in [6.45, 7) is 5.20. The van der Waals surface area contributed by atoms with E-state index < -0.39 is 0 Å². The smallest absolute Gasteiger partial charge is 0.252 e. The zero-order valence-electron chi connectivity index (χ0n) is 13.9. The molecule has 1 aromatic rings. The van der Waals surface area contributed by atoms with Gasteiger partial charge in [0.1, 0.15) is 5.82 Å². The Labute approximate surface area is 142 Å². The lowest BCUT2D eigenvalue weighted by molar-refractivity contribution is -0.127. The first-order chi connectivity index (χ1) is 11.7. The minimum absolute atomic E-state index is 0.122. The summed E-state index contributed by atoms with van der Waals surface area (Å²) in [4.78, 5) is 32.0. The lowest BCUT2D eigenvalue weighted by Gasteiger charge is -2.27. The molecule has 3 rings (SSSR count). The average molecular weight is 332 g/mol. The fourth-order valence-corrected chi connectivity index (χ4v) is 3.01. The van der Waals surface area contributed by atoms with Crippen LogP contribution in [0.25, 0.3) is 0 Å². The van der Waals surface area contributed by atoms with Crippen molar-refractivity contribution in [1.29, 1.82) is 0 Å². The summed E-state index contributed by atoms with van der Waals surface area (Å²) in [7, 11) is 0. The standard InChI is InChI=1S/C17H24N4O3/c22-16-3-1-7-21(16)8-2-6-18-17(23)14-4-5-15(19-13-14)20-9-11-24-12-10-20/h4-5,13H,1-3,6-12H2,(H,18,23). The number of ether oxygens (including phenoxy) is 1. The zero-order valence-corrected chi connectivity index (χ0v) is 13.9. The fraction of sp³-hybridized carbons (Fsp3) is 0.588. The summed E-state index contributed by atoms with van der Waals surface area (Å²) >= 11 is 0. The van der Waals surface area contributed by atoms with E-state index >= 15 is 0 Å². The van der Waals surface area contributed by atoms with Crippen LogP contribution in [-0.4, -0.2) is 67.6 Å². The second-order valence-corrected chi connectivity index (χ2v) is 6.10. The Kier molecular flexibility index (Phi) is 5.63. The molecular formula is C17H24N4O3. The van der Waals surface area contributed by atoms with Crippen LogP contribution in [0.1, 0.15) is 29.6 Å². The van der Waals surface area contributed by atoms with Crippen molar-refractivity contribution in [2.75, 3.05) is 50.8 Å². The molecule has 0 unspecified atom stereocenters. The Balaban J connectivity index is 1.42. The highest BCUT2D eigenvalue weighted by atomic mass is 16.5. The van der Waals surface area contributed by atoms with E-state index in [1.165, 1.54) is 0 Å². The van der Waals surface area contributed by atoms with Gasteiger partial charge < -0.3 is 19.9 Å². The van der Waals surface area contributed by atoms with E-state index in [2.05, 4.69) is 15.2 Å². The summed E-state index contributed by atoms with van der Waals surface area (Å²) in [6.07, 6.45) is 4.00. The van der Waals surface area contributed by atoms with Crippen LogP contribution in [0.15, 0.2) is 18.3 Å². The first kappa shape index (κ1) is 16.7. The lowest BCUT2D eigenvalue weighted by atomic mass is 10.2. The summed E-state index contributed by atoms with van der Waals surface area (Å²) in [5, 5.41) is 2.89. The molecule has 2 amide bonds. The zero-order chi connectivity index (χ0) is 16.8. The van der Waals surface area contributed by atoms with Gasteiger partial charge in [-0.2, -0.15) is 0 Å². The molecule has 130 valence electrons. The van der Waals surface area contributed by atoms with Crippen LogP contribution in [0.4, 0.5) is 5.82 Å². The molecule has 2 saturated heterocycles. The van der Waals surface area contributed by atoms with Crippen LogP contribution in [0.2, 0.25) is 0 Å². The van der Waals surface area contributed by atoms with E-state index in [0.29, 0.717) is 38.3 Å². The van der Waals surface area contributed by atoms with E-state index in [1.54, 1.807) is 12.3 Å². The van der Waals surface area contributed by atoms with Gasteiger partial charge in [0, 0.05) is 45.3 Å². The van der Waals surface area contributed by atoms with Gasteiger partial charge in [-0.1, -0.05) is 0 Å². The highest BCUT2D eigenvalue weighted by molar-refractivity contribution is 5.94. The first-order valence-corrected chi connectivity index (χ1v) is 8.59. The first-order valence-electron chi connectivity index (χ1n) is 8.59. The molecule has 0 spiro atoms. The largest absolute Gasteiger partial charge is 0.378 e. The molecule has 0 aromatic carbocycles. The molecule has 2 aliphatic heterocycles. The molecule has 0 saturated carbocycles. The molecule has 0 aliphatic carbocycles. The number of carbonyl (C=O) groups excluding carboxylic acids is 2. The van der Waals surface area contributed by atoms with Gasteiger partial charge in [-0.05, 0) is 25.0 Å². The maximum atomic E-state index is 12.1. The van der Waals surface area contributed by atoms with Crippen molar-refractivity contribution in [3.05, 3.63) is 23.9 Å². The van der Waals surface area contributed by atoms with Crippen molar-refractivity contribution in [3.8, 4) is 0 Å². The number of likely N-dealkylation sites (tertiary alicyclic amines) is 1. The second-order valence-electron chi connectivity index (χ2n) is 6.10. The number of hydrogen-bond donors (Lipinski definition) is 1. The number of nitrogens with zero attached hydrogens (tertiary/aromatic N) is 3. The van der Waals surface area contributed by atoms with Crippen molar-refractivity contribution in [1.82, 2.24) is 15.2 Å². The lowest BCUT2D eigenvalue weighted by Crippen LogP contribution is -2.36. The third kappa shape index (κ3) is 4.23. The molecule has 7 heteroatoms. The van der Waals surface area contributed by atoms with Gasteiger partial charge in [-0.3, -0.25) is 9.59 Å². The molecule has 24 heavy (non-hydrogen) atoms. The summed E-state index contributed by atoms with van der Waals surface area (Å²) in [5.74, 6) is 0.982. The van der Waals surface area contributed by atoms with Crippen molar-refractivity contribution in [3.63, 3.8) is 0 Å². The molecule has 1 aromatic heterocycles. The van der Waals surface area contributed by atoms with Gasteiger partial charge in [0.05, 0.1) is 18.8 Å². The minimum atomic E-state index is -0.122. The summed E-state index contributed by atoms with van der Waals surface area (Å²) < 4.78 is 5.32. The Morgan fingerprint density at radius 2 is 2.08 bits per heavy atom. The van der Waals surface area contributed by atoms with Crippen LogP contribution >= 0.6 is 0 Å². The molecule has 3 heterocycles. The maximum Gasteiger partial charge on any atom is 0.252 e. The SMILES string of the molecule is O=C(NCCCN1CCCC1=O)c1ccc(N2CCOCC2)nc1. The summed E-state index contributed by atoms with van der Waals surface area (Å²) in [6, 6.07) is 3.68. The minimum Gasteiger partial charge on any atom is -0.378 e. The normalized spacial score (nSPS) is 18.1. The van der Waals surface area contributed by atoms with E-state index in [0.717, 1.165) is 38.3 Å². The number of carbonyl (C=O) groups is 2. The highest BCUT2D eigenvalue weighted by Crippen LogP contribution is 2.13. The predicted octanol–water partition coefficient (Wildman–Crippen LogP) is 0.660. The number of rotatable bonds is 6. The average Bonchev–Trinajstić information content (AvgIpc) is 3.04. The van der Waals surface area contributed by atoms with Crippen LogP contribution in [0.5, 0.6) is 0 Å². The van der Waals surface area contributed by atoms with Crippen molar-refractivity contribution >= 4 is 17.6 Å². The number of anilines is 1. The van der Waals surface area contributed by atoms with E-state index in [-0.39, 0.29) is 11.8 Å². The highest BCUT2D eigenvalue weighted by Gasteiger charge is 2.19. The van der Waals surface area contributed by atoms with Gasteiger partial charge >= 0.3 is 0 Å². The third-order valence-corrected chi connectivity index (χ3v) is 4.41. The van der Waals surface area contributed by atoms with Gasteiger partial charge in [0.2, 0.25) is 5.91 Å². The molecule has 1 N–H and O–H groups in total. The Bertz CT molecular complexity index is 570. The topological polar surface area (TPSA) is 74.8 Å². The molecule has 2 aliphatic rings. The van der Waals surface area contributed by atoms with Gasteiger partial charge in [-0.25, -0.2) is 4.98 Å². The van der Waals surface area contributed by atoms with Gasteiger partial charge in [0.15, 0.2) is 0 Å². The van der Waals surface area contributed by atoms with E-state index in [4.69, 9.17) is 4.74 Å². The quantitative estimate of drug-likeness (QED) is 0.775. The molecule has 0 bridgehead atoms. The number of nitrogens with one attached hydrogen (secondary N) is 1. The van der Waals surface area contributed by atoms with Crippen LogP contribution < -0.4 is 10.2 Å². The van der Waals surface area contributed by atoms with Crippen molar-refractivity contribution in [2.24, 2.45) is 0 Å². The second kappa shape index (κ2) is 8.10. The number of morpholine rings is 1. The Morgan fingerprint density at radius 1 is 1.25 bits per heavy atom. The summed E-state index contributed by atoms with van der Waals surface area (Å²) in [5.41, 5.74) is 0.559. The number of aromatic nitrogens is 1. The fourth-order valence-electron chi connectivity index (χ4n) is 3.01. The maximum absolute atomic E-state index is 12.1. The Morgan fingerprint density at radius 3 is 2.75 bits per heavy atom. The molecule has 0 radical (unpaired) electrons. The Hall–Kier alpha value is -2.15. The predicted molar refractivity (Wildman–Crippen MR) is 90.0 cm³/mol. The van der Waals surface area contributed by atoms with Crippen molar-refractivity contribution < 1.29 is 14.3 Å². The third-order valence-electron chi connectivity index (χ3n) is 4.41. The number of amides is 2. The van der Waals surface area contributed by atoms with E-state index in [9.17, 15) is 9.59 Å². The van der Waals surface area contributed by atoms with Crippen LogP contribution in [0.3, 0.4) is 0 Å². The number of hydrogen-bond acceptors (Lipinski definition) is 5. The molecule has 7 nitrogen and oxygen atoms in total. The number of pyridine rings is 1. The van der Waals surface area contributed by atoms with Crippen LogP contribution in [-0.2, 0) is 9.53 Å². The van der Waals surface area contributed by atoms with Gasteiger partial charge in [0.25, 0.3) is 5.91 Å². The van der Waals surface area contributed by atoms with Crippen LogP contribution in [0, 0.1) is 0 Å². The molecule has 0 atom stereocenters. The molecular weight excluding hydrogens is 308 g/mol. The molecule has 2 fully saturated rings. The van der Waals surface area contributed by atoms with Gasteiger partial charge in [-0.15, -0.1) is 0 Å².